The molecule has 0 saturated heterocycles. The summed E-state index contributed by atoms with van der Waals surface area (Å²) in [5, 5.41) is 11.1. The first-order valence-electron chi connectivity index (χ1n) is 5.70. The molecular weight excluding hydrogens is 309 g/mol. The van der Waals surface area contributed by atoms with Gasteiger partial charge in [0, 0.05) is 6.20 Å². The monoisotopic (exact) mass is 318 g/mol. The van der Waals surface area contributed by atoms with E-state index in [1.165, 1.54) is 0 Å². The molecular formula is C13H10ClF3N2O2. The summed E-state index contributed by atoms with van der Waals surface area (Å²) in [6, 6.07) is 4.29. The summed E-state index contributed by atoms with van der Waals surface area (Å²) in [5.74, 6) is -0.837. The average Bonchev–Trinajstić information content (AvgIpc) is 2.40. The van der Waals surface area contributed by atoms with Crippen LogP contribution in [0.3, 0.4) is 0 Å². The standard InChI is InChI=1S/C13H10ClF3N2O2/c1-2-21-12(20)8(6-18)7-19-11-4-3-9(5-10(11)14)13(15,16)17/h3-5,7,19H,2H2,1H3/b8-7+. The number of ether oxygens (including phenoxy) is 1. The van der Waals surface area contributed by atoms with Gasteiger partial charge in [-0.3, -0.25) is 0 Å². The molecule has 0 saturated carbocycles. The van der Waals surface area contributed by atoms with Gasteiger partial charge >= 0.3 is 12.1 Å². The lowest BCUT2D eigenvalue weighted by Gasteiger charge is -2.10. The smallest absolute Gasteiger partial charge is 0.416 e. The first kappa shape index (κ1) is 16.9. The van der Waals surface area contributed by atoms with Crippen molar-refractivity contribution in [3.05, 3.63) is 40.6 Å². The molecule has 0 unspecified atom stereocenters. The van der Waals surface area contributed by atoms with Crippen LogP contribution in [-0.2, 0) is 15.7 Å². The summed E-state index contributed by atoms with van der Waals surface area (Å²) < 4.78 is 42.0. The lowest BCUT2D eigenvalue weighted by molar-refractivity contribution is -0.138. The Morgan fingerprint density at radius 2 is 2.19 bits per heavy atom. The Morgan fingerprint density at radius 3 is 2.67 bits per heavy atom. The molecule has 21 heavy (non-hydrogen) atoms. The summed E-state index contributed by atoms with van der Waals surface area (Å²) in [6.45, 7) is 1.67. The first-order valence-corrected chi connectivity index (χ1v) is 6.08. The van der Waals surface area contributed by atoms with Crippen LogP contribution in [-0.4, -0.2) is 12.6 Å². The number of esters is 1. The molecule has 0 atom stereocenters. The maximum absolute atomic E-state index is 12.5. The van der Waals surface area contributed by atoms with E-state index in [1.54, 1.807) is 13.0 Å². The Balaban J connectivity index is 2.94. The SMILES string of the molecule is CCOC(=O)/C(C#N)=C/Nc1ccc(C(F)(F)F)cc1Cl. The Morgan fingerprint density at radius 1 is 1.52 bits per heavy atom. The zero-order chi connectivity index (χ0) is 16.0. The van der Waals surface area contributed by atoms with E-state index in [-0.39, 0.29) is 22.9 Å². The van der Waals surface area contributed by atoms with Crippen LogP contribution in [0.25, 0.3) is 0 Å². The van der Waals surface area contributed by atoms with Crippen LogP contribution in [0.1, 0.15) is 12.5 Å². The summed E-state index contributed by atoms with van der Waals surface area (Å²) in [6.07, 6.45) is -3.48. The van der Waals surface area contributed by atoms with Crippen molar-refractivity contribution in [3.8, 4) is 6.07 Å². The lowest BCUT2D eigenvalue weighted by atomic mass is 10.2. The molecule has 4 nitrogen and oxygen atoms in total. The molecule has 8 heteroatoms. The van der Waals surface area contributed by atoms with Gasteiger partial charge in [0.1, 0.15) is 6.07 Å². The lowest BCUT2D eigenvalue weighted by Crippen LogP contribution is -2.08. The summed E-state index contributed by atoms with van der Waals surface area (Å²) >= 11 is 5.71. The predicted octanol–water partition coefficient (Wildman–Crippen LogP) is 3.74. The number of halogens is 4. The zero-order valence-electron chi connectivity index (χ0n) is 10.8. The molecule has 0 amide bonds. The zero-order valence-corrected chi connectivity index (χ0v) is 11.5. The number of rotatable bonds is 4. The number of hydrogen-bond acceptors (Lipinski definition) is 4. The van der Waals surface area contributed by atoms with Crippen LogP contribution in [0.5, 0.6) is 0 Å². The molecule has 0 radical (unpaired) electrons. The van der Waals surface area contributed by atoms with Gasteiger partial charge in [-0.05, 0) is 25.1 Å². The van der Waals surface area contributed by atoms with Crippen LogP contribution >= 0.6 is 11.6 Å². The van der Waals surface area contributed by atoms with Crippen molar-refractivity contribution in [1.29, 1.82) is 5.26 Å². The van der Waals surface area contributed by atoms with Crippen molar-refractivity contribution in [2.75, 3.05) is 11.9 Å². The summed E-state index contributed by atoms with van der Waals surface area (Å²) in [5.41, 5.74) is -1.09. The molecule has 1 aromatic rings. The fourth-order valence-corrected chi connectivity index (χ4v) is 1.54. The van der Waals surface area contributed by atoms with Crippen molar-refractivity contribution in [2.24, 2.45) is 0 Å². The van der Waals surface area contributed by atoms with Crippen LogP contribution in [0, 0.1) is 11.3 Å². The van der Waals surface area contributed by atoms with Crippen LogP contribution < -0.4 is 5.32 Å². The van der Waals surface area contributed by atoms with E-state index >= 15 is 0 Å². The average molecular weight is 319 g/mol. The number of nitrogens with one attached hydrogen (secondary N) is 1. The molecule has 112 valence electrons. The van der Waals surface area contributed by atoms with Crippen molar-refractivity contribution in [1.82, 2.24) is 0 Å². The maximum atomic E-state index is 12.5. The van der Waals surface area contributed by atoms with E-state index < -0.39 is 17.7 Å². The molecule has 1 aromatic carbocycles. The highest BCUT2D eigenvalue weighted by molar-refractivity contribution is 6.33. The molecule has 0 heterocycles. The van der Waals surface area contributed by atoms with Gasteiger partial charge in [-0.25, -0.2) is 4.79 Å². The Labute approximate surface area is 123 Å². The number of anilines is 1. The van der Waals surface area contributed by atoms with E-state index in [0.717, 1.165) is 24.4 Å². The van der Waals surface area contributed by atoms with E-state index in [4.69, 9.17) is 16.9 Å². The highest BCUT2D eigenvalue weighted by Gasteiger charge is 2.30. The quantitative estimate of drug-likeness (QED) is 0.522. The molecule has 0 spiro atoms. The van der Waals surface area contributed by atoms with Gasteiger partial charge in [-0.1, -0.05) is 11.6 Å². The van der Waals surface area contributed by atoms with E-state index in [2.05, 4.69) is 10.1 Å². The van der Waals surface area contributed by atoms with Crippen LogP contribution in [0.4, 0.5) is 18.9 Å². The molecule has 0 bridgehead atoms. The minimum Gasteiger partial charge on any atom is -0.462 e. The van der Waals surface area contributed by atoms with E-state index in [0.29, 0.717) is 0 Å². The van der Waals surface area contributed by atoms with Gasteiger partial charge in [-0.2, -0.15) is 18.4 Å². The molecule has 0 aliphatic heterocycles. The van der Waals surface area contributed by atoms with Crippen molar-refractivity contribution >= 4 is 23.3 Å². The number of carbonyl (C=O) groups excluding carboxylic acids is 1. The number of hydrogen-bond donors (Lipinski definition) is 1. The van der Waals surface area contributed by atoms with Gasteiger partial charge < -0.3 is 10.1 Å². The van der Waals surface area contributed by atoms with Gasteiger partial charge in [-0.15, -0.1) is 0 Å². The first-order chi connectivity index (χ1) is 9.79. The molecule has 0 fully saturated rings. The van der Waals surface area contributed by atoms with Crippen LogP contribution in [0.2, 0.25) is 5.02 Å². The Kier molecular flexibility index (Phi) is 5.61. The summed E-state index contributed by atoms with van der Waals surface area (Å²) in [4.78, 5) is 11.3. The molecule has 1 N–H and O–H groups in total. The van der Waals surface area contributed by atoms with E-state index in [1.807, 2.05) is 0 Å². The summed E-state index contributed by atoms with van der Waals surface area (Å²) in [7, 11) is 0. The van der Waals surface area contributed by atoms with Crippen molar-refractivity contribution < 1.29 is 22.7 Å². The second kappa shape index (κ2) is 6.99. The fraction of sp³-hybridized carbons (Fsp3) is 0.231. The fourth-order valence-electron chi connectivity index (χ4n) is 1.30. The minimum absolute atomic E-state index is 0.0961. The number of benzene rings is 1. The van der Waals surface area contributed by atoms with Gasteiger partial charge in [0.05, 0.1) is 22.9 Å². The Hall–Kier alpha value is -2.20. The van der Waals surface area contributed by atoms with Gasteiger partial charge in [0.25, 0.3) is 0 Å². The molecule has 0 aliphatic rings. The third kappa shape index (κ3) is 4.68. The third-order valence-electron chi connectivity index (χ3n) is 2.28. The highest BCUT2D eigenvalue weighted by Crippen LogP contribution is 2.33. The van der Waals surface area contributed by atoms with Gasteiger partial charge in [0.15, 0.2) is 5.57 Å². The van der Waals surface area contributed by atoms with Gasteiger partial charge in [0.2, 0.25) is 0 Å². The largest absolute Gasteiger partial charge is 0.462 e. The molecule has 0 aliphatic carbocycles. The highest BCUT2D eigenvalue weighted by atomic mass is 35.5. The maximum Gasteiger partial charge on any atom is 0.416 e. The third-order valence-corrected chi connectivity index (χ3v) is 2.60. The second-order valence-corrected chi connectivity index (χ2v) is 4.13. The Bertz CT molecular complexity index is 606. The predicted molar refractivity (Wildman–Crippen MR) is 70.4 cm³/mol. The second-order valence-electron chi connectivity index (χ2n) is 3.73. The van der Waals surface area contributed by atoms with Crippen molar-refractivity contribution in [3.63, 3.8) is 0 Å². The number of carbonyl (C=O) groups is 1. The number of nitriles is 1. The molecule has 1 rings (SSSR count). The van der Waals surface area contributed by atoms with E-state index in [9.17, 15) is 18.0 Å². The van der Waals surface area contributed by atoms with Crippen LogP contribution in [0.15, 0.2) is 30.0 Å². The minimum atomic E-state index is -4.50. The number of alkyl halides is 3. The normalized spacial score (nSPS) is 11.7. The molecule has 0 aromatic heterocycles. The topological polar surface area (TPSA) is 62.1 Å². The van der Waals surface area contributed by atoms with Crippen molar-refractivity contribution in [2.45, 2.75) is 13.1 Å². The number of nitrogens with zero attached hydrogens (tertiary/aromatic N) is 1.